The van der Waals surface area contributed by atoms with Crippen LogP contribution < -0.4 is 5.11 Å². The molecule has 0 spiro atoms. The van der Waals surface area contributed by atoms with Gasteiger partial charge in [0.05, 0.1) is 22.9 Å². The quantitative estimate of drug-likeness (QED) is 0.659. The molecule has 1 aromatic heterocycles. The largest absolute Gasteiger partial charge is 0.545 e. The molecule has 0 unspecified atom stereocenters. The van der Waals surface area contributed by atoms with Crippen molar-refractivity contribution < 1.29 is 18.7 Å². The fraction of sp³-hybridized carbons (Fsp3) is 0.0526. The number of carbonyl (C=O) groups is 1. The first-order chi connectivity index (χ1) is 11.9. The minimum absolute atomic E-state index is 0.00995. The third kappa shape index (κ3) is 3.78. The number of carboxylic acids is 1. The summed E-state index contributed by atoms with van der Waals surface area (Å²) in [5, 5.41) is 11.1. The molecule has 2 aromatic carbocycles. The highest BCUT2D eigenvalue weighted by atomic mass is 35.5. The molecule has 4 nitrogen and oxygen atoms in total. The summed E-state index contributed by atoms with van der Waals surface area (Å²) < 4.78 is 18.8. The molecule has 0 radical (unpaired) electrons. The van der Waals surface area contributed by atoms with Crippen LogP contribution in [0.5, 0.6) is 0 Å². The Morgan fingerprint density at radius 3 is 2.72 bits per heavy atom. The van der Waals surface area contributed by atoms with Crippen molar-refractivity contribution in [3.63, 3.8) is 0 Å². The lowest BCUT2D eigenvalue weighted by Gasteiger charge is -2.08. The lowest BCUT2D eigenvalue weighted by atomic mass is 10.0. The van der Waals surface area contributed by atoms with E-state index < -0.39 is 11.8 Å². The van der Waals surface area contributed by atoms with Gasteiger partial charge in [0.15, 0.2) is 0 Å². The monoisotopic (exact) mass is 356 g/mol. The van der Waals surface area contributed by atoms with E-state index in [1.54, 1.807) is 31.2 Å². The van der Waals surface area contributed by atoms with Crippen LogP contribution in [0.2, 0.25) is 5.02 Å². The second-order valence-electron chi connectivity index (χ2n) is 5.38. The van der Waals surface area contributed by atoms with Crippen molar-refractivity contribution in [1.29, 1.82) is 0 Å². The number of aliphatic imine (C=N–C) groups is 1. The van der Waals surface area contributed by atoms with Gasteiger partial charge in [-0.05, 0) is 48.9 Å². The Morgan fingerprint density at radius 1 is 1.20 bits per heavy atom. The van der Waals surface area contributed by atoms with Crippen molar-refractivity contribution in [2.24, 2.45) is 4.99 Å². The summed E-state index contributed by atoms with van der Waals surface area (Å²) >= 11 is 5.71. The van der Waals surface area contributed by atoms with Crippen molar-refractivity contribution in [2.75, 3.05) is 0 Å². The normalized spacial score (nSPS) is 11.2. The summed E-state index contributed by atoms with van der Waals surface area (Å²) in [5.41, 5.74) is 1.84. The van der Waals surface area contributed by atoms with E-state index in [1.807, 2.05) is 0 Å². The van der Waals surface area contributed by atoms with Gasteiger partial charge in [-0.15, -0.1) is 0 Å². The smallest absolute Gasteiger partial charge is 0.145 e. The van der Waals surface area contributed by atoms with Crippen LogP contribution in [0.15, 0.2) is 57.9 Å². The lowest BCUT2D eigenvalue weighted by molar-refractivity contribution is -0.255. The third-order valence-electron chi connectivity index (χ3n) is 3.61. The highest BCUT2D eigenvalue weighted by molar-refractivity contribution is 6.31. The van der Waals surface area contributed by atoms with E-state index >= 15 is 0 Å². The zero-order valence-corrected chi connectivity index (χ0v) is 13.9. The number of aromatic carboxylic acids is 1. The first-order valence-electron chi connectivity index (χ1n) is 7.35. The van der Waals surface area contributed by atoms with Crippen molar-refractivity contribution in [2.45, 2.75) is 6.92 Å². The first kappa shape index (κ1) is 16.9. The highest BCUT2D eigenvalue weighted by Gasteiger charge is 2.07. The molecule has 0 fully saturated rings. The summed E-state index contributed by atoms with van der Waals surface area (Å²) in [6.45, 7) is 1.70. The van der Waals surface area contributed by atoms with Crippen LogP contribution in [0.3, 0.4) is 0 Å². The van der Waals surface area contributed by atoms with Gasteiger partial charge < -0.3 is 14.3 Å². The van der Waals surface area contributed by atoms with Crippen molar-refractivity contribution in [3.05, 3.63) is 76.3 Å². The van der Waals surface area contributed by atoms with Crippen molar-refractivity contribution in [1.82, 2.24) is 0 Å². The van der Waals surface area contributed by atoms with Crippen LogP contribution in [0.25, 0.3) is 11.3 Å². The molecule has 3 rings (SSSR count). The molecule has 0 saturated carbocycles. The van der Waals surface area contributed by atoms with Crippen LogP contribution in [-0.2, 0) is 0 Å². The van der Waals surface area contributed by atoms with Gasteiger partial charge in [-0.1, -0.05) is 23.7 Å². The summed E-state index contributed by atoms with van der Waals surface area (Å²) in [7, 11) is 0. The molecule has 0 aliphatic carbocycles. The molecule has 0 amide bonds. The third-order valence-corrected chi connectivity index (χ3v) is 3.90. The predicted molar refractivity (Wildman–Crippen MR) is 91.9 cm³/mol. The van der Waals surface area contributed by atoms with E-state index in [2.05, 4.69) is 4.99 Å². The molecule has 25 heavy (non-hydrogen) atoms. The summed E-state index contributed by atoms with van der Waals surface area (Å²) in [5.74, 6) is -0.781. The highest BCUT2D eigenvalue weighted by Crippen LogP contribution is 2.25. The van der Waals surface area contributed by atoms with E-state index in [0.717, 1.165) is 0 Å². The van der Waals surface area contributed by atoms with Crippen molar-refractivity contribution >= 4 is 29.5 Å². The van der Waals surface area contributed by atoms with Crippen LogP contribution in [0, 0.1) is 12.7 Å². The molecular formula is C19H12ClFNO3-. The average Bonchev–Trinajstić information content (AvgIpc) is 3.05. The Kier molecular flexibility index (Phi) is 4.67. The van der Waals surface area contributed by atoms with E-state index in [1.165, 1.54) is 30.5 Å². The molecule has 126 valence electrons. The Morgan fingerprint density at radius 2 is 2.00 bits per heavy atom. The van der Waals surface area contributed by atoms with Gasteiger partial charge >= 0.3 is 0 Å². The van der Waals surface area contributed by atoms with Gasteiger partial charge in [-0.3, -0.25) is 4.99 Å². The number of hydrogen-bond donors (Lipinski definition) is 0. The van der Waals surface area contributed by atoms with Gasteiger partial charge in [-0.25, -0.2) is 4.39 Å². The number of hydrogen-bond acceptors (Lipinski definition) is 4. The molecule has 0 aliphatic heterocycles. The van der Waals surface area contributed by atoms with Crippen LogP contribution in [-0.4, -0.2) is 12.2 Å². The summed E-state index contributed by atoms with van der Waals surface area (Å²) in [6.07, 6.45) is 1.47. The molecule has 0 atom stereocenters. The van der Waals surface area contributed by atoms with Gasteiger partial charge in [0, 0.05) is 11.1 Å². The zero-order valence-electron chi connectivity index (χ0n) is 13.1. The minimum Gasteiger partial charge on any atom is -0.545 e. The maximum atomic E-state index is 13.1. The van der Waals surface area contributed by atoms with Crippen LogP contribution in [0.1, 0.15) is 21.7 Å². The van der Waals surface area contributed by atoms with Gasteiger partial charge in [0.25, 0.3) is 0 Å². The molecule has 0 bridgehead atoms. The number of furan rings is 1. The SMILES string of the molecule is Cc1ccc(-c2ccc(C=Nc3ccc(F)c(Cl)c3)o2)cc1C(=O)[O-]. The summed E-state index contributed by atoms with van der Waals surface area (Å²) in [6, 6.07) is 12.5. The molecule has 0 saturated heterocycles. The van der Waals surface area contributed by atoms with Crippen LogP contribution >= 0.6 is 11.6 Å². The second-order valence-corrected chi connectivity index (χ2v) is 5.78. The zero-order chi connectivity index (χ0) is 18.0. The Balaban J connectivity index is 1.85. The van der Waals surface area contributed by atoms with E-state index in [9.17, 15) is 14.3 Å². The number of aryl methyl sites for hydroxylation is 1. The second kappa shape index (κ2) is 6.91. The molecule has 6 heteroatoms. The Labute approximate surface area is 148 Å². The number of halogens is 2. The van der Waals surface area contributed by atoms with Gasteiger partial charge in [-0.2, -0.15) is 0 Å². The average molecular weight is 357 g/mol. The minimum atomic E-state index is -1.24. The number of carboxylic acid groups (broad SMARTS) is 1. The topological polar surface area (TPSA) is 65.6 Å². The standard InChI is InChI=1S/C19H13ClFNO3/c1-11-2-3-12(8-15(11)19(23)24)18-7-5-14(25-18)10-22-13-4-6-17(21)16(20)9-13/h2-10H,1H3,(H,23,24)/p-1. The van der Waals surface area contributed by atoms with E-state index in [4.69, 9.17) is 16.0 Å². The lowest BCUT2D eigenvalue weighted by Crippen LogP contribution is -2.23. The molecule has 1 heterocycles. The molecule has 0 aliphatic rings. The Bertz CT molecular complexity index is 979. The maximum Gasteiger partial charge on any atom is 0.145 e. The van der Waals surface area contributed by atoms with E-state index in [-0.39, 0.29) is 10.6 Å². The molecule has 3 aromatic rings. The number of benzene rings is 2. The number of rotatable bonds is 4. The van der Waals surface area contributed by atoms with E-state index in [0.29, 0.717) is 28.3 Å². The van der Waals surface area contributed by atoms with Crippen LogP contribution in [0.4, 0.5) is 10.1 Å². The Hall–Kier alpha value is -2.92. The maximum absolute atomic E-state index is 13.1. The fourth-order valence-corrected chi connectivity index (χ4v) is 2.45. The summed E-state index contributed by atoms with van der Waals surface area (Å²) in [4.78, 5) is 15.3. The van der Waals surface area contributed by atoms with Gasteiger partial charge in [0.2, 0.25) is 0 Å². The fourth-order valence-electron chi connectivity index (χ4n) is 2.28. The number of carbonyl (C=O) groups excluding carboxylic acids is 1. The van der Waals surface area contributed by atoms with Crippen molar-refractivity contribution in [3.8, 4) is 11.3 Å². The number of nitrogens with zero attached hydrogens (tertiary/aromatic N) is 1. The first-order valence-corrected chi connectivity index (χ1v) is 7.73. The molecule has 0 N–H and O–H groups in total. The predicted octanol–water partition coefficient (Wildman–Crippen LogP) is 4.16. The van der Waals surface area contributed by atoms with Gasteiger partial charge in [0.1, 0.15) is 17.3 Å². The molecular weight excluding hydrogens is 345 g/mol.